The molecule has 2 aliphatic heterocycles. The zero-order valence-corrected chi connectivity index (χ0v) is 13.8. The summed E-state index contributed by atoms with van der Waals surface area (Å²) < 4.78 is 34.3. The molecule has 2 heterocycles. The van der Waals surface area contributed by atoms with Crippen LogP contribution in [0.4, 0.5) is 0 Å². The minimum atomic E-state index is -3.04. The van der Waals surface area contributed by atoms with Gasteiger partial charge in [-0.15, -0.1) is 0 Å². The van der Waals surface area contributed by atoms with Gasteiger partial charge >= 0.3 is 0 Å². The summed E-state index contributed by atoms with van der Waals surface area (Å²) in [4.78, 5) is 6.24. The number of sulfone groups is 1. The van der Waals surface area contributed by atoms with Crippen molar-refractivity contribution in [1.82, 2.24) is 10.2 Å². The molecule has 0 radical (unpaired) electrons. The van der Waals surface area contributed by atoms with Crippen LogP contribution in [0.15, 0.2) is 4.99 Å². The number of nitrogens with one attached hydrogen (secondary N) is 1. The van der Waals surface area contributed by atoms with Gasteiger partial charge in [-0.3, -0.25) is 4.99 Å². The van der Waals surface area contributed by atoms with Gasteiger partial charge in [0.15, 0.2) is 15.8 Å². The Kier molecular flexibility index (Phi) is 5.11. The van der Waals surface area contributed by atoms with Crippen molar-refractivity contribution in [2.24, 2.45) is 4.99 Å². The van der Waals surface area contributed by atoms with Crippen molar-refractivity contribution in [3.63, 3.8) is 0 Å². The number of nitrogens with zero attached hydrogens (tertiary/aromatic N) is 2. The summed E-state index contributed by atoms with van der Waals surface area (Å²) in [6, 6.07) is 0. The zero-order chi connectivity index (χ0) is 15.5. The van der Waals surface area contributed by atoms with Gasteiger partial charge in [0.25, 0.3) is 0 Å². The molecule has 0 saturated carbocycles. The molecular weight excluding hydrogens is 294 g/mol. The van der Waals surface area contributed by atoms with Gasteiger partial charge in [-0.1, -0.05) is 0 Å². The van der Waals surface area contributed by atoms with E-state index < -0.39 is 14.6 Å². The summed E-state index contributed by atoms with van der Waals surface area (Å²) in [6.07, 6.45) is 0.0111. The van der Waals surface area contributed by atoms with E-state index in [1.54, 1.807) is 20.9 Å². The number of hydrogen-bond acceptors (Lipinski definition) is 5. The van der Waals surface area contributed by atoms with Crippen molar-refractivity contribution in [2.75, 3.05) is 52.3 Å². The predicted octanol–water partition coefficient (Wildman–Crippen LogP) is -0.514. The molecule has 0 aromatic carbocycles. The van der Waals surface area contributed by atoms with Crippen molar-refractivity contribution < 1.29 is 17.9 Å². The van der Waals surface area contributed by atoms with E-state index in [0.29, 0.717) is 45.4 Å². The maximum absolute atomic E-state index is 12.0. The third kappa shape index (κ3) is 3.87. The summed E-state index contributed by atoms with van der Waals surface area (Å²) in [5.74, 6) is 0.871. The molecule has 2 aliphatic rings. The Morgan fingerprint density at radius 3 is 2.76 bits per heavy atom. The highest BCUT2D eigenvalue weighted by molar-refractivity contribution is 7.92. The Morgan fingerprint density at radius 2 is 2.19 bits per heavy atom. The van der Waals surface area contributed by atoms with Crippen LogP contribution in [-0.2, 0) is 19.3 Å². The summed E-state index contributed by atoms with van der Waals surface area (Å²) >= 11 is 0. The third-order valence-corrected chi connectivity index (χ3v) is 6.46. The maximum atomic E-state index is 12.0. The average molecular weight is 319 g/mol. The van der Waals surface area contributed by atoms with E-state index in [1.165, 1.54) is 0 Å². The third-order valence-electron chi connectivity index (χ3n) is 3.93. The molecule has 1 N–H and O–H groups in total. The Bertz CT molecular complexity index is 484. The standard InChI is InChI=1S/C13H25N3O4S/c1-13(2)10-16(4-7-21(13,17)18)12(14-3)15-8-11-9-19-5-6-20-11/h11H,4-10H2,1-3H3,(H,14,15). The molecule has 0 aromatic heterocycles. The number of aliphatic imine (C=N–C) groups is 1. The SMILES string of the molecule is CN=C(NCC1COCCO1)N1CCS(=O)(=O)C(C)(C)C1. The normalized spacial score (nSPS) is 29.2. The number of guanidine groups is 1. The van der Waals surface area contributed by atoms with Crippen LogP contribution in [0, 0.1) is 0 Å². The maximum Gasteiger partial charge on any atom is 0.193 e. The Morgan fingerprint density at radius 1 is 1.43 bits per heavy atom. The van der Waals surface area contributed by atoms with Crippen LogP contribution in [0.25, 0.3) is 0 Å². The molecule has 8 heteroatoms. The lowest BCUT2D eigenvalue weighted by atomic mass is 10.2. The van der Waals surface area contributed by atoms with Crippen molar-refractivity contribution in [2.45, 2.75) is 24.7 Å². The van der Waals surface area contributed by atoms with Gasteiger partial charge in [0, 0.05) is 26.7 Å². The topological polar surface area (TPSA) is 80.2 Å². The van der Waals surface area contributed by atoms with E-state index in [0.717, 1.165) is 0 Å². The molecule has 2 saturated heterocycles. The second-order valence-electron chi connectivity index (χ2n) is 6.00. The average Bonchev–Trinajstić information content (AvgIpc) is 2.44. The minimum absolute atomic E-state index is 0.0111. The molecule has 0 bridgehead atoms. The number of rotatable bonds is 2. The molecule has 1 atom stereocenters. The molecule has 7 nitrogen and oxygen atoms in total. The fraction of sp³-hybridized carbons (Fsp3) is 0.923. The van der Waals surface area contributed by atoms with E-state index in [-0.39, 0.29) is 11.9 Å². The van der Waals surface area contributed by atoms with Crippen molar-refractivity contribution in [3.05, 3.63) is 0 Å². The number of hydrogen-bond donors (Lipinski definition) is 1. The van der Waals surface area contributed by atoms with Gasteiger partial charge in [-0.25, -0.2) is 8.42 Å². The fourth-order valence-electron chi connectivity index (χ4n) is 2.52. The van der Waals surface area contributed by atoms with Crippen LogP contribution in [0.1, 0.15) is 13.8 Å². The van der Waals surface area contributed by atoms with Gasteiger partial charge in [-0.2, -0.15) is 0 Å². The zero-order valence-electron chi connectivity index (χ0n) is 13.0. The predicted molar refractivity (Wildman–Crippen MR) is 81.4 cm³/mol. The summed E-state index contributed by atoms with van der Waals surface area (Å²) in [6.45, 7) is 6.87. The first kappa shape index (κ1) is 16.5. The van der Waals surface area contributed by atoms with Crippen LogP contribution in [0.3, 0.4) is 0 Å². The lowest BCUT2D eigenvalue weighted by Crippen LogP contribution is -2.58. The number of ether oxygens (including phenoxy) is 2. The molecule has 2 rings (SSSR count). The summed E-state index contributed by atoms with van der Waals surface area (Å²) in [7, 11) is -1.34. The Balaban J connectivity index is 1.92. The van der Waals surface area contributed by atoms with Crippen molar-refractivity contribution in [3.8, 4) is 0 Å². The Hall–Kier alpha value is -0.860. The fourth-order valence-corrected chi connectivity index (χ4v) is 3.88. The van der Waals surface area contributed by atoms with E-state index in [4.69, 9.17) is 9.47 Å². The second-order valence-corrected chi connectivity index (χ2v) is 8.74. The lowest BCUT2D eigenvalue weighted by molar-refractivity contribution is -0.0851. The van der Waals surface area contributed by atoms with Gasteiger partial charge < -0.3 is 19.7 Å². The highest BCUT2D eigenvalue weighted by Crippen LogP contribution is 2.23. The smallest absolute Gasteiger partial charge is 0.193 e. The monoisotopic (exact) mass is 319 g/mol. The molecule has 1 unspecified atom stereocenters. The highest BCUT2D eigenvalue weighted by Gasteiger charge is 2.41. The van der Waals surface area contributed by atoms with Crippen LogP contribution in [0.5, 0.6) is 0 Å². The van der Waals surface area contributed by atoms with Crippen molar-refractivity contribution >= 4 is 15.8 Å². The summed E-state index contributed by atoms with van der Waals surface area (Å²) in [5, 5.41) is 3.25. The van der Waals surface area contributed by atoms with E-state index in [9.17, 15) is 8.42 Å². The molecule has 0 aromatic rings. The molecule has 122 valence electrons. The quantitative estimate of drug-likeness (QED) is 0.545. The van der Waals surface area contributed by atoms with Crippen LogP contribution in [-0.4, -0.2) is 82.4 Å². The largest absolute Gasteiger partial charge is 0.376 e. The van der Waals surface area contributed by atoms with Crippen LogP contribution >= 0.6 is 0 Å². The first-order valence-corrected chi connectivity index (χ1v) is 8.88. The van der Waals surface area contributed by atoms with E-state index >= 15 is 0 Å². The molecule has 21 heavy (non-hydrogen) atoms. The highest BCUT2D eigenvalue weighted by atomic mass is 32.2. The van der Waals surface area contributed by atoms with Gasteiger partial charge in [0.2, 0.25) is 0 Å². The minimum Gasteiger partial charge on any atom is -0.376 e. The van der Waals surface area contributed by atoms with Crippen molar-refractivity contribution in [1.29, 1.82) is 0 Å². The van der Waals surface area contributed by atoms with Gasteiger partial charge in [0.05, 0.1) is 36.4 Å². The van der Waals surface area contributed by atoms with E-state index in [1.807, 2.05) is 4.90 Å². The summed E-state index contributed by atoms with van der Waals surface area (Å²) in [5.41, 5.74) is 0. The second kappa shape index (κ2) is 6.50. The molecule has 0 amide bonds. The molecular formula is C13H25N3O4S. The first-order valence-electron chi connectivity index (χ1n) is 7.23. The molecule has 0 aliphatic carbocycles. The lowest BCUT2D eigenvalue weighted by Gasteiger charge is -2.39. The Labute approximate surface area is 126 Å². The van der Waals surface area contributed by atoms with E-state index in [2.05, 4.69) is 10.3 Å². The molecule has 2 fully saturated rings. The first-order chi connectivity index (χ1) is 9.86. The van der Waals surface area contributed by atoms with Gasteiger partial charge in [-0.05, 0) is 13.8 Å². The molecule has 0 spiro atoms. The van der Waals surface area contributed by atoms with Crippen LogP contribution in [0.2, 0.25) is 0 Å². The van der Waals surface area contributed by atoms with Gasteiger partial charge in [0.1, 0.15) is 0 Å². The van der Waals surface area contributed by atoms with Crippen LogP contribution < -0.4 is 5.32 Å².